The molecule has 1 saturated carbocycles. The first-order valence-electron chi connectivity index (χ1n) is 8.20. The van der Waals surface area contributed by atoms with Crippen molar-refractivity contribution in [2.75, 3.05) is 0 Å². The smallest absolute Gasteiger partial charge is 0.126 e. The topological polar surface area (TPSA) is 41.5 Å². The normalized spacial score (nSPS) is 23.9. The summed E-state index contributed by atoms with van der Waals surface area (Å²) in [6, 6.07) is 12.1. The average molecular weight is 333 g/mol. The molecule has 0 saturated heterocycles. The summed E-state index contributed by atoms with van der Waals surface area (Å²) in [4.78, 5) is 0. The molecule has 0 bridgehead atoms. The van der Waals surface area contributed by atoms with Crippen LogP contribution in [-0.2, 0) is 6.54 Å². The quantitative estimate of drug-likeness (QED) is 0.881. The van der Waals surface area contributed by atoms with E-state index in [9.17, 15) is 13.9 Å². The zero-order valence-electron chi connectivity index (χ0n) is 13.3. The monoisotopic (exact) mass is 333 g/mol. The van der Waals surface area contributed by atoms with Crippen LogP contribution in [0.1, 0.15) is 24.8 Å². The molecular formula is C19H21F2NO2. The van der Waals surface area contributed by atoms with Gasteiger partial charge in [0, 0.05) is 18.7 Å². The van der Waals surface area contributed by atoms with Gasteiger partial charge in [-0.1, -0.05) is 18.2 Å². The Bertz CT molecular complexity index is 663. The highest BCUT2D eigenvalue weighted by atomic mass is 19.1. The Balaban J connectivity index is 1.58. The number of aliphatic hydroxyl groups excluding tert-OH is 1. The van der Waals surface area contributed by atoms with Crippen LogP contribution in [0.3, 0.4) is 0 Å². The fourth-order valence-corrected chi connectivity index (χ4v) is 3.06. The van der Waals surface area contributed by atoms with Crippen LogP contribution in [0.2, 0.25) is 0 Å². The minimum atomic E-state index is -0.678. The van der Waals surface area contributed by atoms with Gasteiger partial charge in [-0.05, 0) is 49.1 Å². The molecule has 3 rings (SSSR count). The van der Waals surface area contributed by atoms with E-state index in [1.165, 1.54) is 24.3 Å². The molecule has 0 aliphatic heterocycles. The number of nitrogens with one attached hydrogen (secondary N) is 1. The van der Waals surface area contributed by atoms with Crippen molar-refractivity contribution in [2.24, 2.45) is 0 Å². The van der Waals surface area contributed by atoms with E-state index in [0.717, 1.165) is 24.8 Å². The van der Waals surface area contributed by atoms with Crippen molar-refractivity contribution in [3.63, 3.8) is 0 Å². The number of aliphatic hydroxyl groups is 1. The number of rotatable bonds is 5. The summed E-state index contributed by atoms with van der Waals surface area (Å²) in [7, 11) is 0. The first kappa shape index (κ1) is 16.9. The molecule has 2 aromatic rings. The Kier molecular flexibility index (Phi) is 5.43. The van der Waals surface area contributed by atoms with Crippen molar-refractivity contribution < 1.29 is 18.6 Å². The molecule has 0 unspecified atom stereocenters. The second-order valence-corrected chi connectivity index (χ2v) is 6.15. The molecule has 0 spiro atoms. The van der Waals surface area contributed by atoms with Crippen LogP contribution in [0, 0.1) is 11.6 Å². The van der Waals surface area contributed by atoms with E-state index in [1.54, 1.807) is 24.3 Å². The van der Waals surface area contributed by atoms with E-state index >= 15 is 0 Å². The number of halogens is 2. The van der Waals surface area contributed by atoms with Crippen LogP contribution in [0.15, 0.2) is 48.5 Å². The highest BCUT2D eigenvalue weighted by Crippen LogP contribution is 2.25. The van der Waals surface area contributed by atoms with Gasteiger partial charge in [0.25, 0.3) is 0 Å². The first-order chi connectivity index (χ1) is 11.6. The lowest BCUT2D eigenvalue weighted by molar-refractivity contribution is -0.0158. The number of benzene rings is 2. The van der Waals surface area contributed by atoms with Crippen LogP contribution in [0.5, 0.6) is 5.75 Å². The van der Waals surface area contributed by atoms with Gasteiger partial charge in [-0.2, -0.15) is 0 Å². The summed E-state index contributed by atoms with van der Waals surface area (Å²) in [6.07, 6.45) is 1.43. The maximum absolute atomic E-state index is 13.3. The SMILES string of the molecule is O[C@@H]1[C@@H](NCc2ccc(F)cc2)CCC[C@H]1Oc1cccc(F)c1. The predicted molar refractivity (Wildman–Crippen MR) is 87.7 cm³/mol. The van der Waals surface area contributed by atoms with Gasteiger partial charge in [0.1, 0.15) is 29.6 Å². The molecule has 2 N–H and O–H groups in total. The van der Waals surface area contributed by atoms with Gasteiger partial charge in [0.2, 0.25) is 0 Å². The lowest BCUT2D eigenvalue weighted by Crippen LogP contribution is -2.50. The largest absolute Gasteiger partial charge is 0.488 e. The van der Waals surface area contributed by atoms with Crippen molar-refractivity contribution in [1.29, 1.82) is 0 Å². The minimum absolute atomic E-state index is 0.109. The van der Waals surface area contributed by atoms with Gasteiger partial charge in [-0.25, -0.2) is 8.78 Å². The molecule has 1 aliphatic carbocycles. The molecule has 0 radical (unpaired) electrons. The molecule has 2 aromatic carbocycles. The molecule has 0 amide bonds. The fraction of sp³-hybridized carbons (Fsp3) is 0.368. The minimum Gasteiger partial charge on any atom is -0.488 e. The van der Waals surface area contributed by atoms with Crippen LogP contribution in [0.25, 0.3) is 0 Å². The Morgan fingerprint density at radius 3 is 2.58 bits per heavy atom. The summed E-state index contributed by atoms with van der Waals surface area (Å²) in [5.74, 6) is -0.193. The number of ether oxygens (including phenoxy) is 1. The molecule has 24 heavy (non-hydrogen) atoms. The Morgan fingerprint density at radius 1 is 1.04 bits per heavy atom. The Hall–Kier alpha value is -1.98. The Labute approximate surface area is 140 Å². The zero-order chi connectivity index (χ0) is 16.9. The molecule has 1 fully saturated rings. The van der Waals surface area contributed by atoms with Crippen LogP contribution in [-0.4, -0.2) is 23.4 Å². The van der Waals surface area contributed by atoms with Crippen molar-refractivity contribution >= 4 is 0 Å². The molecule has 3 nitrogen and oxygen atoms in total. The molecule has 0 heterocycles. The third-order valence-corrected chi connectivity index (χ3v) is 4.36. The maximum Gasteiger partial charge on any atom is 0.126 e. The lowest BCUT2D eigenvalue weighted by atomic mass is 9.89. The lowest BCUT2D eigenvalue weighted by Gasteiger charge is -2.35. The van der Waals surface area contributed by atoms with Crippen molar-refractivity contribution in [2.45, 2.75) is 44.1 Å². The van der Waals surface area contributed by atoms with E-state index in [4.69, 9.17) is 4.74 Å². The summed E-state index contributed by atoms with van der Waals surface area (Å²) in [6.45, 7) is 0.550. The number of hydrogen-bond acceptors (Lipinski definition) is 3. The number of hydrogen-bond donors (Lipinski definition) is 2. The van der Waals surface area contributed by atoms with E-state index in [1.807, 2.05) is 0 Å². The predicted octanol–water partition coefficient (Wildman–Crippen LogP) is 3.42. The van der Waals surface area contributed by atoms with Gasteiger partial charge >= 0.3 is 0 Å². The van der Waals surface area contributed by atoms with Crippen molar-refractivity contribution in [3.8, 4) is 5.75 Å². The highest BCUT2D eigenvalue weighted by molar-refractivity contribution is 5.23. The summed E-state index contributed by atoms with van der Waals surface area (Å²) >= 11 is 0. The van der Waals surface area contributed by atoms with Crippen LogP contribution in [0.4, 0.5) is 8.78 Å². The van der Waals surface area contributed by atoms with E-state index < -0.39 is 6.10 Å². The molecule has 3 atom stereocenters. The third-order valence-electron chi connectivity index (χ3n) is 4.36. The summed E-state index contributed by atoms with van der Waals surface area (Å²) in [5.41, 5.74) is 0.955. The van der Waals surface area contributed by atoms with Gasteiger partial charge in [-0.15, -0.1) is 0 Å². The first-order valence-corrected chi connectivity index (χ1v) is 8.20. The summed E-state index contributed by atoms with van der Waals surface area (Å²) in [5, 5.41) is 13.8. The molecule has 1 aliphatic rings. The molecule has 128 valence electrons. The highest BCUT2D eigenvalue weighted by Gasteiger charge is 2.33. The summed E-state index contributed by atoms with van der Waals surface area (Å²) < 4.78 is 31.9. The average Bonchev–Trinajstić information content (AvgIpc) is 2.57. The Morgan fingerprint density at radius 2 is 1.83 bits per heavy atom. The molecule has 0 aromatic heterocycles. The van der Waals surface area contributed by atoms with E-state index in [2.05, 4.69) is 5.32 Å². The van der Waals surface area contributed by atoms with Crippen LogP contribution >= 0.6 is 0 Å². The zero-order valence-corrected chi connectivity index (χ0v) is 13.3. The fourth-order valence-electron chi connectivity index (χ4n) is 3.06. The van der Waals surface area contributed by atoms with Crippen molar-refractivity contribution in [1.82, 2.24) is 5.32 Å². The second kappa shape index (κ2) is 7.73. The van der Waals surface area contributed by atoms with Crippen LogP contribution < -0.4 is 10.1 Å². The maximum atomic E-state index is 13.3. The van der Waals surface area contributed by atoms with Gasteiger partial charge in [0.15, 0.2) is 0 Å². The van der Waals surface area contributed by atoms with Gasteiger partial charge < -0.3 is 15.2 Å². The third kappa shape index (κ3) is 4.30. The standard InChI is InChI=1S/C19H21F2NO2/c20-14-9-7-13(8-10-14)12-22-17-5-2-6-18(19(17)23)24-16-4-1-3-15(21)11-16/h1,3-4,7-11,17-19,22-23H,2,5-6,12H2/t17-,18+,19+/m0/s1. The van der Waals surface area contributed by atoms with Gasteiger partial charge in [-0.3, -0.25) is 0 Å². The van der Waals surface area contributed by atoms with E-state index in [-0.39, 0.29) is 23.8 Å². The molecular weight excluding hydrogens is 312 g/mol. The molecule has 5 heteroatoms. The van der Waals surface area contributed by atoms with E-state index in [0.29, 0.717) is 12.3 Å². The van der Waals surface area contributed by atoms with Crippen molar-refractivity contribution in [3.05, 3.63) is 65.7 Å². The second-order valence-electron chi connectivity index (χ2n) is 6.15. The van der Waals surface area contributed by atoms with Gasteiger partial charge in [0.05, 0.1) is 0 Å².